The van der Waals surface area contributed by atoms with Crippen molar-refractivity contribution in [2.24, 2.45) is 0 Å². The first-order valence-corrected chi connectivity index (χ1v) is 10.3. The molecule has 27 heavy (non-hydrogen) atoms. The highest BCUT2D eigenvalue weighted by Crippen LogP contribution is 2.27. The van der Waals surface area contributed by atoms with Crippen LogP contribution in [0, 0.1) is 6.92 Å². The number of aromatic nitrogens is 1. The van der Waals surface area contributed by atoms with Gasteiger partial charge in [-0.2, -0.15) is 0 Å². The molecule has 0 spiro atoms. The summed E-state index contributed by atoms with van der Waals surface area (Å²) in [7, 11) is 0. The number of hydrogen-bond acceptors (Lipinski definition) is 4. The second kappa shape index (κ2) is 8.63. The van der Waals surface area contributed by atoms with Crippen molar-refractivity contribution < 1.29 is 9.59 Å². The molecule has 0 aliphatic carbocycles. The number of carbonyl (C=O) groups is 2. The average molecular weight is 446 g/mol. The number of hydrogen-bond donors (Lipinski definition) is 2. The molecule has 5 nitrogen and oxygen atoms in total. The molecule has 7 heteroatoms. The number of aryl methyl sites for hydroxylation is 2. The van der Waals surface area contributed by atoms with Gasteiger partial charge in [0.1, 0.15) is 0 Å². The van der Waals surface area contributed by atoms with E-state index in [0.29, 0.717) is 24.4 Å². The van der Waals surface area contributed by atoms with Crippen molar-refractivity contribution in [3.63, 3.8) is 0 Å². The van der Waals surface area contributed by atoms with Gasteiger partial charge in [0.05, 0.1) is 10.2 Å². The highest BCUT2D eigenvalue weighted by atomic mass is 79.9. The van der Waals surface area contributed by atoms with Crippen molar-refractivity contribution >= 4 is 60.1 Å². The fraction of sp³-hybridized carbons (Fsp3) is 0.250. The molecular formula is C20H20BrN3O2S. The molecule has 0 saturated carbocycles. The summed E-state index contributed by atoms with van der Waals surface area (Å²) in [4.78, 5) is 28.1. The van der Waals surface area contributed by atoms with Crippen molar-refractivity contribution in [2.45, 2.75) is 33.1 Å². The van der Waals surface area contributed by atoms with Crippen LogP contribution >= 0.6 is 27.3 Å². The van der Waals surface area contributed by atoms with Crippen LogP contribution in [0.1, 0.15) is 30.9 Å². The Kier molecular flexibility index (Phi) is 6.23. The van der Waals surface area contributed by atoms with E-state index in [1.54, 1.807) is 6.92 Å². The SMILES string of the molecule is CCC(=O)Nc1nc2ccc(CCC(=O)Nc3ccc(Br)c(C)c3)cc2s1. The lowest BCUT2D eigenvalue weighted by Crippen LogP contribution is -2.12. The monoisotopic (exact) mass is 445 g/mol. The molecular weight excluding hydrogens is 426 g/mol. The number of carbonyl (C=O) groups excluding carboxylic acids is 2. The second-order valence-corrected chi connectivity index (χ2v) is 8.12. The zero-order valence-corrected chi connectivity index (χ0v) is 17.5. The largest absolute Gasteiger partial charge is 0.326 e. The van der Waals surface area contributed by atoms with Gasteiger partial charge in [0.25, 0.3) is 0 Å². The third-order valence-corrected chi connectivity index (χ3v) is 5.93. The van der Waals surface area contributed by atoms with Gasteiger partial charge in [-0.15, -0.1) is 0 Å². The van der Waals surface area contributed by atoms with Crippen molar-refractivity contribution in [1.82, 2.24) is 4.98 Å². The molecule has 0 radical (unpaired) electrons. The van der Waals surface area contributed by atoms with E-state index >= 15 is 0 Å². The fourth-order valence-corrected chi connectivity index (χ4v) is 3.78. The quantitative estimate of drug-likeness (QED) is 0.541. The Morgan fingerprint density at radius 3 is 2.67 bits per heavy atom. The van der Waals surface area contributed by atoms with Crippen molar-refractivity contribution in [1.29, 1.82) is 0 Å². The van der Waals surface area contributed by atoms with Crippen LogP contribution in [0.3, 0.4) is 0 Å². The predicted octanol–water partition coefficient (Wildman–Crippen LogP) is 5.29. The zero-order chi connectivity index (χ0) is 19.4. The Morgan fingerprint density at radius 1 is 1.11 bits per heavy atom. The van der Waals surface area contributed by atoms with Crippen LogP contribution in [0.4, 0.5) is 10.8 Å². The van der Waals surface area contributed by atoms with E-state index < -0.39 is 0 Å². The summed E-state index contributed by atoms with van der Waals surface area (Å²) >= 11 is 4.90. The summed E-state index contributed by atoms with van der Waals surface area (Å²) in [5, 5.41) is 6.33. The fourth-order valence-electron chi connectivity index (χ4n) is 2.59. The molecule has 2 N–H and O–H groups in total. The smallest absolute Gasteiger partial charge is 0.225 e. The number of amides is 2. The number of rotatable bonds is 6. The van der Waals surface area contributed by atoms with Crippen LogP contribution in [0.25, 0.3) is 10.2 Å². The first kappa shape index (κ1) is 19.5. The highest BCUT2D eigenvalue weighted by Gasteiger charge is 2.09. The molecule has 0 saturated heterocycles. The molecule has 140 valence electrons. The van der Waals surface area contributed by atoms with Crippen molar-refractivity contribution in [2.75, 3.05) is 10.6 Å². The van der Waals surface area contributed by atoms with Gasteiger partial charge in [-0.1, -0.05) is 40.3 Å². The number of nitrogens with zero attached hydrogens (tertiary/aromatic N) is 1. The Hall–Kier alpha value is -2.25. The van der Waals surface area contributed by atoms with E-state index in [4.69, 9.17) is 0 Å². The third kappa shape index (κ3) is 5.14. The van der Waals surface area contributed by atoms with Gasteiger partial charge in [0, 0.05) is 23.0 Å². The van der Waals surface area contributed by atoms with Crippen molar-refractivity contribution in [3.8, 4) is 0 Å². The minimum atomic E-state index is -0.0471. The van der Waals surface area contributed by atoms with Gasteiger partial charge in [0.2, 0.25) is 11.8 Å². The third-order valence-electron chi connectivity index (χ3n) is 4.10. The van der Waals surface area contributed by atoms with Gasteiger partial charge in [-0.3, -0.25) is 9.59 Å². The van der Waals surface area contributed by atoms with Crippen molar-refractivity contribution in [3.05, 3.63) is 52.0 Å². The Bertz CT molecular complexity index is 1000. The standard InChI is InChI=1S/C20H20BrN3O2S/c1-3-18(25)24-20-23-16-8-4-13(11-17(16)27-20)5-9-19(26)22-14-6-7-15(21)12(2)10-14/h4,6-8,10-11H,3,5,9H2,1-2H3,(H,22,26)(H,23,24,25). The summed E-state index contributed by atoms with van der Waals surface area (Å²) in [6.07, 6.45) is 1.47. The molecule has 0 fully saturated rings. The number of anilines is 2. The Labute approximate surface area is 170 Å². The number of thiazole rings is 1. The summed E-state index contributed by atoms with van der Waals surface area (Å²) < 4.78 is 2.02. The first-order chi connectivity index (χ1) is 12.9. The molecule has 1 heterocycles. The van der Waals surface area contributed by atoms with Crippen LogP contribution in [0.2, 0.25) is 0 Å². The number of benzene rings is 2. The topological polar surface area (TPSA) is 71.1 Å². The maximum absolute atomic E-state index is 12.2. The molecule has 2 aromatic carbocycles. The van der Waals surface area contributed by atoms with Gasteiger partial charge in [0.15, 0.2) is 5.13 Å². The molecule has 0 unspecified atom stereocenters. The maximum Gasteiger partial charge on any atom is 0.225 e. The van der Waals surface area contributed by atoms with E-state index in [0.717, 1.165) is 31.5 Å². The van der Waals surface area contributed by atoms with Gasteiger partial charge in [-0.25, -0.2) is 4.98 Å². The number of nitrogens with one attached hydrogen (secondary N) is 2. The zero-order valence-electron chi connectivity index (χ0n) is 15.1. The van der Waals surface area contributed by atoms with Crippen LogP contribution < -0.4 is 10.6 Å². The maximum atomic E-state index is 12.2. The Balaban J connectivity index is 1.61. The Morgan fingerprint density at radius 2 is 1.93 bits per heavy atom. The van der Waals surface area contributed by atoms with E-state index in [-0.39, 0.29) is 11.8 Å². The van der Waals surface area contributed by atoms with Crippen LogP contribution in [-0.4, -0.2) is 16.8 Å². The van der Waals surface area contributed by atoms with E-state index in [2.05, 4.69) is 31.5 Å². The lowest BCUT2D eigenvalue weighted by molar-refractivity contribution is -0.116. The molecule has 1 aromatic heterocycles. The number of halogens is 1. The molecule has 3 aromatic rings. The molecule has 0 aliphatic rings. The average Bonchev–Trinajstić information content (AvgIpc) is 3.04. The van der Waals surface area contributed by atoms with Crippen LogP contribution in [0.15, 0.2) is 40.9 Å². The summed E-state index contributed by atoms with van der Waals surface area (Å²) in [6, 6.07) is 11.7. The molecule has 0 atom stereocenters. The summed E-state index contributed by atoms with van der Waals surface area (Å²) in [5.41, 5.74) is 3.80. The van der Waals surface area contributed by atoms with Gasteiger partial charge >= 0.3 is 0 Å². The molecule has 0 aliphatic heterocycles. The first-order valence-electron chi connectivity index (χ1n) is 8.70. The normalized spacial score (nSPS) is 10.8. The van der Waals surface area contributed by atoms with E-state index in [1.165, 1.54) is 11.3 Å². The predicted molar refractivity (Wildman–Crippen MR) is 114 cm³/mol. The van der Waals surface area contributed by atoms with Crippen LogP contribution in [0.5, 0.6) is 0 Å². The van der Waals surface area contributed by atoms with Gasteiger partial charge in [-0.05, 0) is 54.8 Å². The van der Waals surface area contributed by atoms with Crippen LogP contribution in [-0.2, 0) is 16.0 Å². The van der Waals surface area contributed by atoms with E-state index in [9.17, 15) is 9.59 Å². The minimum absolute atomic E-state index is 0.0166. The molecule has 3 rings (SSSR count). The second-order valence-electron chi connectivity index (χ2n) is 6.23. The minimum Gasteiger partial charge on any atom is -0.326 e. The highest BCUT2D eigenvalue weighted by molar-refractivity contribution is 9.10. The number of fused-ring (bicyclic) bond motifs is 1. The van der Waals surface area contributed by atoms with Gasteiger partial charge < -0.3 is 10.6 Å². The lowest BCUT2D eigenvalue weighted by Gasteiger charge is -2.07. The molecule has 2 amide bonds. The van der Waals surface area contributed by atoms with E-state index in [1.807, 2.05) is 43.3 Å². The lowest BCUT2D eigenvalue weighted by atomic mass is 10.1. The summed E-state index contributed by atoms with van der Waals surface area (Å²) in [5.74, 6) is -0.0637. The summed E-state index contributed by atoms with van der Waals surface area (Å²) in [6.45, 7) is 3.79. The molecule has 0 bridgehead atoms.